The normalized spacial score (nSPS) is 22.0. The van der Waals surface area contributed by atoms with E-state index in [9.17, 15) is 5.11 Å². The molecule has 0 spiro atoms. The van der Waals surface area contributed by atoms with Crippen LogP contribution in [0.5, 0.6) is 0 Å². The van der Waals surface area contributed by atoms with Crippen LogP contribution in [0.4, 0.5) is 5.82 Å². The summed E-state index contributed by atoms with van der Waals surface area (Å²) in [5.74, 6) is 1.06. The third kappa shape index (κ3) is 2.48. The van der Waals surface area contributed by atoms with Gasteiger partial charge < -0.3 is 14.7 Å². The first-order valence-corrected chi connectivity index (χ1v) is 8.52. The zero-order valence-electron chi connectivity index (χ0n) is 12.4. The Balaban J connectivity index is 1.42. The summed E-state index contributed by atoms with van der Waals surface area (Å²) in [6.45, 7) is 6.44. The molecule has 0 radical (unpaired) electrons. The minimum absolute atomic E-state index is 0.0297. The van der Waals surface area contributed by atoms with Crippen LogP contribution < -0.4 is 4.90 Å². The quantitative estimate of drug-likeness (QED) is 0.900. The number of piperazine rings is 1. The van der Waals surface area contributed by atoms with Crippen molar-refractivity contribution in [3.63, 3.8) is 0 Å². The first-order valence-electron chi connectivity index (χ1n) is 7.64. The van der Waals surface area contributed by atoms with Gasteiger partial charge >= 0.3 is 0 Å². The molecule has 1 N–H and O–H groups in total. The fraction of sp³-hybridized carbons (Fsp3) is 0.600. The van der Waals surface area contributed by atoms with E-state index in [0.717, 1.165) is 44.1 Å². The number of nitrogens with zero attached hydrogens (tertiary/aromatic N) is 4. The Morgan fingerprint density at radius 1 is 1.23 bits per heavy atom. The molecule has 4 rings (SSSR count). The van der Waals surface area contributed by atoms with Crippen molar-refractivity contribution in [3.8, 4) is 0 Å². The molecule has 0 saturated carbocycles. The molecule has 2 aliphatic heterocycles. The summed E-state index contributed by atoms with van der Waals surface area (Å²) in [5, 5.41) is 11.6. The molecule has 0 amide bonds. The minimum atomic E-state index is -0.0297. The van der Waals surface area contributed by atoms with E-state index in [4.69, 9.17) is 4.74 Å². The molecule has 118 valence electrons. The third-order valence-corrected chi connectivity index (χ3v) is 5.51. The summed E-state index contributed by atoms with van der Waals surface area (Å²) in [6.07, 6.45) is 1.66. The second-order valence-electron chi connectivity index (χ2n) is 6.25. The number of fused-ring (bicyclic) bond motifs is 1. The minimum Gasteiger partial charge on any atom is -0.396 e. The van der Waals surface area contributed by atoms with Gasteiger partial charge in [-0.05, 0) is 11.4 Å². The van der Waals surface area contributed by atoms with Crippen molar-refractivity contribution in [2.24, 2.45) is 5.41 Å². The maximum absolute atomic E-state index is 9.56. The molecular weight excluding hydrogens is 300 g/mol. The number of aliphatic hydroxyl groups excluding tert-OH is 1. The zero-order valence-corrected chi connectivity index (χ0v) is 13.3. The molecule has 0 bridgehead atoms. The van der Waals surface area contributed by atoms with Crippen LogP contribution in [0.25, 0.3) is 10.2 Å². The van der Waals surface area contributed by atoms with E-state index in [-0.39, 0.29) is 12.0 Å². The number of rotatable bonds is 4. The monoisotopic (exact) mass is 320 g/mol. The second kappa shape index (κ2) is 5.73. The lowest BCUT2D eigenvalue weighted by atomic mass is 9.86. The Hall–Kier alpha value is -1.28. The van der Waals surface area contributed by atoms with E-state index in [1.165, 1.54) is 4.70 Å². The lowest BCUT2D eigenvalue weighted by Gasteiger charge is -2.45. The highest BCUT2D eigenvalue weighted by Gasteiger charge is 2.40. The van der Waals surface area contributed by atoms with Gasteiger partial charge in [-0.2, -0.15) is 0 Å². The number of hydrogen-bond acceptors (Lipinski definition) is 7. The highest BCUT2D eigenvalue weighted by atomic mass is 32.1. The van der Waals surface area contributed by atoms with Crippen LogP contribution in [-0.2, 0) is 4.74 Å². The average molecular weight is 320 g/mol. The Bertz CT molecular complexity index is 644. The number of hydrogen-bond donors (Lipinski definition) is 1. The van der Waals surface area contributed by atoms with Gasteiger partial charge in [-0.25, -0.2) is 9.97 Å². The van der Waals surface area contributed by atoms with Gasteiger partial charge in [-0.1, -0.05) is 0 Å². The Kier molecular flexibility index (Phi) is 3.73. The number of anilines is 1. The van der Waals surface area contributed by atoms with Gasteiger partial charge in [-0.3, -0.25) is 4.90 Å². The third-order valence-electron chi connectivity index (χ3n) is 4.61. The Labute approximate surface area is 133 Å². The number of aromatic nitrogens is 2. The summed E-state index contributed by atoms with van der Waals surface area (Å²) in [7, 11) is 0. The largest absolute Gasteiger partial charge is 0.396 e. The molecule has 2 aliphatic rings. The van der Waals surface area contributed by atoms with Gasteiger partial charge in [0.2, 0.25) is 0 Å². The maximum atomic E-state index is 9.56. The lowest BCUT2D eigenvalue weighted by molar-refractivity contribution is -0.148. The number of ether oxygens (including phenoxy) is 1. The van der Waals surface area contributed by atoms with Gasteiger partial charge in [0.25, 0.3) is 0 Å². The predicted molar refractivity (Wildman–Crippen MR) is 86.4 cm³/mol. The standard InChI is InChI=1S/C15H20N4O2S/c20-8-15(9-21-10-15)7-18-2-4-19(5-3-18)14-13-12(1-6-22-13)16-11-17-14/h1,6,11,20H,2-5,7-10H2. The summed E-state index contributed by atoms with van der Waals surface area (Å²) in [6, 6.07) is 2.04. The Morgan fingerprint density at radius 3 is 2.73 bits per heavy atom. The van der Waals surface area contributed by atoms with Crippen molar-refractivity contribution in [1.29, 1.82) is 0 Å². The van der Waals surface area contributed by atoms with E-state index in [0.29, 0.717) is 13.2 Å². The van der Waals surface area contributed by atoms with E-state index in [1.807, 2.05) is 6.07 Å². The van der Waals surface area contributed by atoms with Crippen molar-refractivity contribution in [2.45, 2.75) is 0 Å². The predicted octanol–water partition coefficient (Wildman–Crippen LogP) is 0.822. The van der Waals surface area contributed by atoms with Crippen LogP contribution in [0.15, 0.2) is 17.8 Å². The van der Waals surface area contributed by atoms with Crippen molar-refractivity contribution >= 4 is 27.4 Å². The van der Waals surface area contributed by atoms with Gasteiger partial charge in [0.15, 0.2) is 0 Å². The molecule has 6 nitrogen and oxygen atoms in total. The summed E-state index contributed by atoms with van der Waals surface area (Å²) in [5.41, 5.74) is 1.00. The number of aliphatic hydroxyl groups is 1. The Morgan fingerprint density at radius 2 is 2.05 bits per heavy atom. The van der Waals surface area contributed by atoms with E-state index < -0.39 is 0 Å². The first-order chi connectivity index (χ1) is 10.8. The molecular formula is C15H20N4O2S. The second-order valence-corrected chi connectivity index (χ2v) is 7.16. The zero-order chi connectivity index (χ0) is 15.0. The molecule has 2 saturated heterocycles. The summed E-state index contributed by atoms with van der Waals surface area (Å²) < 4.78 is 6.46. The topological polar surface area (TPSA) is 61.7 Å². The van der Waals surface area contributed by atoms with Crippen molar-refractivity contribution in [3.05, 3.63) is 17.8 Å². The molecule has 0 unspecified atom stereocenters. The van der Waals surface area contributed by atoms with E-state index >= 15 is 0 Å². The first kappa shape index (κ1) is 14.3. The fourth-order valence-corrected chi connectivity index (χ4v) is 4.08. The van der Waals surface area contributed by atoms with Crippen LogP contribution in [-0.4, -0.2) is 72.5 Å². The van der Waals surface area contributed by atoms with E-state index in [1.54, 1.807) is 17.7 Å². The van der Waals surface area contributed by atoms with Gasteiger partial charge in [-0.15, -0.1) is 11.3 Å². The van der Waals surface area contributed by atoms with Crippen LogP contribution in [0.3, 0.4) is 0 Å². The highest BCUT2D eigenvalue weighted by Crippen LogP contribution is 2.30. The molecule has 2 fully saturated rings. The van der Waals surface area contributed by atoms with E-state index in [2.05, 4.69) is 25.1 Å². The SMILES string of the molecule is OCC1(CN2CCN(c3ncnc4ccsc34)CC2)COC1. The molecule has 4 heterocycles. The van der Waals surface area contributed by atoms with Crippen LogP contribution >= 0.6 is 11.3 Å². The van der Waals surface area contributed by atoms with Crippen molar-refractivity contribution < 1.29 is 9.84 Å². The van der Waals surface area contributed by atoms with Gasteiger partial charge in [0.1, 0.15) is 12.1 Å². The smallest absolute Gasteiger partial charge is 0.150 e. The molecule has 0 aliphatic carbocycles. The van der Waals surface area contributed by atoms with Crippen molar-refractivity contribution in [1.82, 2.24) is 14.9 Å². The van der Waals surface area contributed by atoms with Crippen LogP contribution in [0.2, 0.25) is 0 Å². The molecule has 2 aromatic heterocycles. The maximum Gasteiger partial charge on any atom is 0.150 e. The van der Waals surface area contributed by atoms with Crippen molar-refractivity contribution in [2.75, 3.05) is 57.4 Å². The molecule has 2 aromatic rings. The molecule has 0 aromatic carbocycles. The van der Waals surface area contributed by atoms with Crippen LogP contribution in [0, 0.1) is 5.41 Å². The van der Waals surface area contributed by atoms with Gasteiger partial charge in [0.05, 0.1) is 35.5 Å². The van der Waals surface area contributed by atoms with Crippen LogP contribution in [0.1, 0.15) is 0 Å². The lowest BCUT2D eigenvalue weighted by Crippen LogP contribution is -2.57. The fourth-order valence-electron chi connectivity index (χ4n) is 3.22. The molecule has 0 atom stereocenters. The highest BCUT2D eigenvalue weighted by molar-refractivity contribution is 7.17. The van der Waals surface area contributed by atoms with Gasteiger partial charge in [0, 0.05) is 32.7 Å². The molecule has 7 heteroatoms. The average Bonchev–Trinajstić information content (AvgIpc) is 3.00. The molecule has 22 heavy (non-hydrogen) atoms. The number of thiophene rings is 1. The summed E-state index contributed by atoms with van der Waals surface area (Å²) in [4.78, 5) is 13.6. The summed E-state index contributed by atoms with van der Waals surface area (Å²) >= 11 is 1.70.